The zero-order valence-corrected chi connectivity index (χ0v) is 17.7. The van der Waals surface area contributed by atoms with Crippen molar-refractivity contribution in [3.05, 3.63) is 95.1 Å². The molecule has 4 nitrogen and oxygen atoms in total. The number of hydrogen-bond acceptors (Lipinski definition) is 4. The Morgan fingerprint density at radius 2 is 1.57 bits per heavy atom. The van der Waals surface area contributed by atoms with Crippen molar-refractivity contribution in [3.63, 3.8) is 0 Å². The quantitative estimate of drug-likeness (QED) is 0.562. The van der Waals surface area contributed by atoms with E-state index in [2.05, 4.69) is 29.6 Å². The fraction of sp³-hybridized carbons (Fsp3) is 0.273. The molecule has 148 valence electrons. The molecule has 0 unspecified atom stereocenters. The summed E-state index contributed by atoms with van der Waals surface area (Å²) < 4.78 is 23.5. The van der Waals surface area contributed by atoms with Crippen LogP contribution in [0.15, 0.2) is 83.9 Å². The average Bonchev–Trinajstić information content (AvgIpc) is 2.75. The van der Waals surface area contributed by atoms with E-state index < -0.39 is 13.1 Å². The van der Waals surface area contributed by atoms with Gasteiger partial charge in [0.2, 0.25) is 0 Å². The third kappa shape index (κ3) is 5.02. The van der Waals surface area contributed by atoms with E-state index in [1.807, 2.05) is 54.6 Å². The Morgan fingerprint density at radius 1 is 1.04 bits per heavy atom. The Hall–Kier alpha value is -1.68. The highest BCUT2D eigenvalue weighted by molar-refractivity contribution is 7.53. The van der Waals surface area contributed by atoms with Crippen molar-refractivity contribution in [2.75, 3.05) is 20.4 Å². The molecule has 0 bridgehead atoms. The normalized spacial score (nSPS) is 19.6. The van der Waals surface area contributed by atoms with Gasteiger partial charge in [0.05, 0.1) is 17.7 Å². The number of hydrogen-bond donors (Lipinski definition) is 1. The van der Waals surface area contributed by atoms with Crippen LogP contribution in [0.25, 0.3) is 0 Å². The zero-order chi connectivity index (χ0) is 20.0. The van der Waals surface area contributed by atoms with E-state index >= 15 is 0 Å². The van der Waals surface area contributed by atoms with Crippen molar-refractivity contribution in [1.82, 2.24) is 5.32 Å². The molecule has 2 aromatic carbocycles. The molecule has 6 heteroatoms. The summed E-state index contributed by atoms with van der Waals surface area (Å²) >= 11 is 6.17. The van der Waals surface area contributed by atoms with E-state index in [-0.39, 0.29) is 12.2 Å². The lowest BCUT2D eigenvalue weighted by molar-refractivity contribution is 0.262. The first-order chi connectivity index (χ1) is 13.5. The SMILES string of the molecule is COP(=O)(C[C@]1(NC(c2ccccc2)c2ccccc2)C=CC(Cl)=CC1)OC. The van der Waals surface area contributed by atoms with Gasteiger partial charge < -0.3 is 9.05 Å². The molecule has 0 radical (unpaired) electrons. The van der Waals surface area contributed by atoms with Gasteiger partial charge in [-0.3, -0.25) is 9.88 Å². The fourth-order valence-corrected chi connectivity index (χ4v) is 4.98. The van der Waals surface area contributed by atoms with Gasteiger partial charge in [0.1, 0.15) is 0 Å². The predicted octanol–water partition coefficient (Wildman–Crippen LogP) is 5.67. The van der Waals surface area contributed by atoms with Gasteiger partial charge in [-0.2, -0.15) is 0 Å². The number of allylic oxidation sites excluding steroid dienone is 2. The molecule has 0 heterocycles. The first-order valence-corrected chi connectivity index (χ1v) is 11.2. The van der Waals surface area contributed by atoms with Gasteiger partial charge in [-0.25, -0.2) is 0 Å². The second-order valence-electron chi connectivity index (χ2n) is 6.82. The number of rotatable bonds is 8. The Labute approximate surface area is 171 Å². The molecule has 0 fully saturated rings. The smallest absolute Gasteiger partial charge is 0.312 e. The lowest BCUT2D eigenvalue weighted by Crippen LogP contribution is -2.49. The summed E-state index contributed by atoms with van der Waals surface area (Å²) in [6.45, 7) is 0. The number of nitrogens with one attached hydrogen (secondary N) is 1. The average molecular weight is 418 g/mol. The van der Waals surface area contributed by atoms with E-state index in [4.69, 9.17) is 20.6 Å². The topological polar surface area (TPSA) is 47.6 Å². The molecule has 3 rings (SSSR count). The van der Waals surface area contributed by atoms with Crippen LogP contribution in [0.3, 0.4) is 0 Å². The van der Waals surface area contributed by atoms with Crippen molar-refractivity contribution in [1.29, 1.82) is 0 Å². The molecule has 0 saturated heterocycles. The molecule has 28 heavy (non-hydrogen) atoms. The van der Waals surface area contributed by atoms with Crippen LogP contribution in [-0.4, -0.2) is 25.9 Å². The maximum absolute atomic E-state index is 13.0. The Balaban J connectivity index is 2.01. The van der Waals surface area contributed by atoms with Gasteiger partial charge >= 0.3 is 7.60 Å². The van der Waals surface area contributed by atoms with Gasteiger partial charge in [0.15, 0.2) is 0 Å². The Morgan fingerprint density at radius 3 is 2.00 bits per heavy atom. The van der Waals surface area contributed by atoms with Gasteiger partial charge in [-0.15, -0.1) is 0 Å². The highest BCUT2D eigenvalue weighted by Gasteiger charge is 2.39. The van der Waals surface area contributed by atoms with E-state index in [0.717, 1.165) is 11.1 Å². The van der Waals surface area contributed by atoms with E-state index in [0.29, 0.717) is 11.5 Å². The molecule has 0 aromatic heterocycles. The summed E-state index contributed by atoms with van der Waals surface area (Å²) in [6, 6.07) is 20.3. The molecular weight excluding hydrogens is 393 g/mol. The highest BCUT2D eigenvalue weighted by Crippen LogP contribution is 2.51. The van der Waals surface area contributed by atoms with Crippen molar-refractivity contribution < 1.29 is 13.6 Å². The zero-order valence-electron chi connectivity index (χ0n) is 16.0. The molecule has 0 amide bonds. The van der Waals surface area contributed by atoms with Crippen molar-refractivity contribution in [2.24, 2.45) is 0 Å². The van der Waals surface area contributed by atoms with Crippen LogP contribution in [-0.2, 0) is 13.6 Å². The minimum Gasteiger partial charge on any atom is -0.312 e. The second-order valence-corrected chi connectivity index (χ2v) is 9.52. The summed E-state index contributed by atoms with van der Waals surface area (Å²) in [5.74, 6) is 0. The van der Waals surface area contributed by atoms with Crippen molar-refractivity contribution >= 4 is 19.2 Å². The van der Waals surface area contributed by atoms with Crippen LogP contribution >= 0.6 is 19.2 Å². The first-order valence-electron chi connectivity index (χ1n) is 9.12. The van der Waals surface area contributed by atoms with Crippen LogP contribution < -0.4 is 5.32 Å². The van der Waals surface area contributed by atoms with Crippen LogP contribution in [0.4, 0.5) is 0 Å². The molecule has 0 spiro atoms. The van der Waals surface area contributed by atoms with Crippen LogP contribution in [0.2, 0.25) is 0 Å². The maximum Gasteiger partial charge on any atom is 0.332 e. The Kier molecular flexibility index (Phi) is 6.92. The molecule has 1 N–H and O–H groups in total. The van der Waals surface area contributed by atoms with E-state index in [1.165, 1.54) is 14.2 Å². The standard InChI is InChI=1S/C22H25ClNO3P/c1-26-28(25,27-2)17-22(15-13-20(23)14-16-22)24-21(18-9-5-3-6-10-18)19-11-7-4-8-12-19/h3-15,21,24H,16-17H2,1-2H3/t22-/m0/s1. The molecule has 0 aliphatic heterocycles. The predicted molar refractivity (Wildman–Crippen MR) is 115 cm³/mol. The lowest BCUT2D eigenvalue weighted by Gasteiger charge is -2.38. The van der Waals surface area contributed by atoms with E-state index in [1.54, 1.807) is 0 Å². The molecule has 1 aliphatic carbocycles. The third-order valence-electron chi connectivity index (χ3n) is 4.95. The van der Waals surface area contributed by atoms with E-state index in [9.17, 15) is 4.57 Å². The fourth-order valence-electron chi connectivity index (χ4n) is 3.41. The van der Waals surface area contributed by atoms with Gasteiger partial charge in [-0.1, -0.05) is 84.4 Å². The summed E-state index contributed by atoms with van der Waals surface area (Å²) in [5, 5.41) is 4.39. The molecule has 1 aliphatic rings. The maximum atomic E-state index is 13.0. The highest BCUT2D eigenvalue weighted by atomic mass is 35.5. The molecular formula is C22H25ClNO3P. The van der Waals surface area contributed by atoms with Crippen LogP contribution in [0, 0.1) is 0 Å². The molecule has 1 atom stereocenters. The largest absolute Gasteiger partial charge is 0.332 e. The number of benzene rings is 2. The minimum atomic E-state index is -3.26. The van der Waals surface area contributed by atoms with Crippen LogP contribution in [0.1, 0.15) is 23.6 Å². The van der Waals surface area contributed by atoms with Gasteiger partial charge in [0, 0.05) is 19.3 Å². The second kappa shape index (κ2) is 9.21. The third-order valence-corrected chi connectivity index (χ3v) is 7.30. The summed E-state index contributed by atoms with van der Waals surface area (Å²) in [6.07, 6.45) is 6.51. The molecule has 2 aromatic rings. The van der Waals surface area contributed by atoms with Gasteiger partial charge in [-0.05, 0) is 23.6 Å². The van der Waals surface area contributed by atoms with Crippen molar-refractivity contribution in [2.45, 2.75) is 18.0 Å². The monoisotopic (exact) mass is 417 g/mol. The lowest BCUT2D eigenvalue weighted by atomic mass is 9.89. The summed E-state index contributed by atoms with van der Waals surface area (Å²) in [5.41, 5.74) is 1.61. The first kappa shape index (κ1) is 21.0. The summed E-state index contributed by atoms with van der Waals surface area (Å²) in [7, 11) is -0.428. The van der Waals surface area contributed by atoms with Crippen molar-refractivity contribution in [3.8, 4) is 0 Å². The van der Waals surface area contributed by atoms with Gasteiger partial charge in [0.25, 0.3) is 0 Å². The number of halogens is 1. The summed E-state index contributed by atoms with van der Waals surface area (Å²) in [4.78, 5) is 0. The Bertz CT molecular complexity index is 838. The van der Waals surface area contributed by atoms with Crippen LogP contribution in [0.5, 0.6) is 0 Å². The molecule has 0 saturated carbocycles. The minimum absolute atomic E-state index is 0.0977.